The van der Waals surface area contributed by atoms with E-state index in [2.05, 4.69) is 58.9 Å². The molecule has 17 heavy (non-hydrogen) atoms. The summed E-state index contributed by atoms with van der Waals surface area (Å²) in [6.45, 7) is 4.96. The van der Waals surface area contributed by atoms with Gasteiger partial charge in [0.25, 0.3) is 0 Å². The maximum absolute atomic E-state index is 5.48. The van der Waals surface area contributed by atoms with Crippen LogP contribution in [0.5, 0.6) is 0 Å². The van der Waals surface area contributed by atoms with Crippen molar-refractivity contribution >= 4 is 22.6 Å². The molecule has 0 aliphatic rings. The summed E-state index contributed by atoms with van der Waals surface area (Å²) >= 11 is 2.30. The van der Waals surface area contributed by atoms with Gasteiger partial charge in [-0.3, -0.25) is 0 Å². The monoisotopic (exact) mass is 342 g/mol. The van der Waals surface area contributed by atoms with Gasteiger partial charge in [-0.15, -0.1) is 0 Å². The Kier molecular flexibility index (Phi) is 4.17. The molecule has 0 radical (unpaired) electrons. The summed E-state index contributed by atoms with van der Waals surface area (Å²) in [5.74, 6) is 0.858. The van der Waals surface area contributed by atoms with Gasteiger partial charge in [-0.05, 0) is 34.7 Å². The first-order valence-electron chi connectivity index (χ1n) is 5.58. The molecule has 0 atom stereocenters. The fourth-order valence-electron chi connectivity index (χ4n) is 1.56. The second-order valence-electron chi connectivity index (χ2n) is 4.17. The van der Waals surface area contributed by atoms with Crippen LogP contribution in [-0.4, -0.2) is 11.0 Å². The first-order valence-corrected chi connectivity index (χ1v) is 6.66. The third kappa shape index (κ3) is 3.29. The molecule has 1 N–H and O–H groups in total. The number of nitrogens with one attached hydrogen (secondary N) is 1. The second-order valence-corrected chi connectivity index (χ2v) is 5.42. The normalized spacial score (nSPS) is 11.1. The Hall–Kier alpha value is -0.880. The Morgan fingerprint density at radius 1 is 1.41 bits per heavy atom. The van der Waals surface area contributed by atoms with Crippen LogP contribution in [0.3, 0.4) is 0 Å². The molecular formula is C13H15IN2O. The number of hydrogen-bond donors (Lipinski definition) is 1. The van der Waals surface area contributed by atoms with Crippen LogP contribution in [0, 0.1) is 3.57 Å². The van der Waals surface area contributed by atoms with Crippen molar-refractivity contribution in [1.29, 1.82) is 0 Å². The fourth-order valence-corrected chi connectivity index (χ4v) is 2.10. The van der Waals surface area contributed by atoms with Crippen molar-refractivity contribution < 1.29 is 4.42 Å². The fraction of sp³-hybridized carbons (Fsp3) is 0.308. The summed E-state index contributed by atoms with van der Waals surface area (Å²) in [5.41, 5.74) is 2.04. The number of oxazole rings is 1. The Bertz CT molecular complexity index is 494. The number of benzene rings is 1. The van der Waals surface area contributed by atoms with Gasteiger partial charge >= 0.3 is 0 Å². The van der Waals surface area contributed by atoms with Crippen molar-refractivity contribution in [2.45, 2.75) is 26.4 Å². The van der Waals surface area contributed by atoms with Crippen LogP contribution in [0.1, 0.15) is 19.5 Å². The van der Waals surface area contributed by atoms with E-state index in [0.29, 0.717) is 6.04 Å². The minimum atomic E-state index is 0.440. The predicted octanol–water partition coefficient (Wildman–Crippen LogP) is 3.44. The topological polar surface area (TPSA) is 38.1 Å². The van der Waals surface area contributed by atoms with Gasteiger partial charge in [-0.2, -0.15) is 0 Å². The van der Waals surface area contributed by atoms with Crippen LogP contribution in [0.25, 0.3) is 11.3 Å². The highest BCUT2D eigenvalue weighted by atomic mass is 127. The molecular weight excluding hydrogens is 327 g/mol. The van der Waals surface area contributed by atoms with Crippen LogP contribution >= 0.6 is 22.6 Å². The van der Waals surface area contributed by atoms with Crippen molar-refractivity contribution in [3.63, 3.8) is 0 Å². The number of nitrogens with zero attached hydrogens (tertiary/aromatic N) is 1. The zero-order valence-corrected chi connectivity index (χ0v) is 12.1. The SMILES string of the molecule is CC(C)NCc1ncoc1-c1cccc(I)c1. The molecule has 2 aromatic rings. The molecule has 4 heteroatoms. The molecule has 90 valence electrons. The molecule has 1 heterocycles. The van der Waals surface area contributed by atoms with Crippen LogP contribution < -0.4 is 5.32 Å². The van der Waals surface area contributed by atoms with Crippen molar-refractivity contribution in [2.24, 2.45) is 0 Å². The zero-order chi connectivity index (χ0) is 12.3. The average molecular weight is 342 g/mol. The third-order valence-electron chi connectivity index (χ3n) is 2.41. The molecule has 0 saturated heterocycles. The lowest BCUT2D eigenvalue weighted by atomic mass is 10.1. The number of aromatic nitrogens is 1. The highest BCUT2D eigenvalue weighted by Gasteiger charge is 2.10. The summed E-state index contributed by atoms with van der Waals surface area (Å²) < 4.78 is 6.68. The van der Waals surface area contributed by atoms with Crippen LogP contribution in [0.15, 0.2) is 35.1 Å². The van der Waals surface area contributed by atoms with E-state index < -0.39 is 0 Å². The molecule has 0 bridgehead atoms. The standard InChI is InChI=1S/C13H15IN2O/c1-9(2)15-7-12-13(17-8-16-12)10-4-3-5-11(14)6-10/h3-6,8-9,15H,7H2,1-2H3. The van der Waals surface area contributed by atoms with E-state index in [0.717, 1.165) is 23.6 Å². The van der Waals surface area contributed by atoms with E-state index in [1.807, 2.05) is 12.1 Å². The first kappa shape index (κ1) is 12.6. The lowest BCUT2D eigenvalue weighted by molar-refractivity contribution is 0.563. The molecule has 0 spiro atoms. The Balaban J connectivity index is 2.24. The molecule has 0 aliphatic heterocycles. The summed E-state index contributed by atoms with van der Waals surface area (Å²) in [7, 11) is 0. The largest absolute Gasteiger partial charge is 0.443 e. The Morgan fingerprint density at radius 2 is 2.24 bits per heavy atom. The van der Waals surface area contributed by atoms with E-state index in [-0.39, 0.29) is 0 Å². The summed E-state index contributed by atoms with van der Waals surface area (Å²) in [6, 6.07) is 8.67. The number of halogens is 1. The van der Waals surface area contributed by atoms with Crippen molar-refractivity contribution in [3.05, 3.63) is 39.9 Å². The highest BCUT2D eigenvalue weighted by Crippen LogP contribution is 2.24. The van der Waals surface area contributed by atoms with E-state index in [4.69, 9.17) is 4.42 Å². The van der Waals surface area contributed by atoms with Gasteiger partial charge in [-0.1, -0.05) is 26.0 Å². The molecule has 1 aromatic carbocycles. The predicted molar refractivity (Wildman–Crippen MR) is 76.6 cm³/mol. The van der Waals surface area contributed by atoms with E-state index >= 15 is 0 Å². The van der Waals surface area contributed by atoms with Gasteiger partial charge < -0.3 is 9.73 Å². The highest BCUT2D eigenvalue weighted by molar-refractivity contribution is 14.1. The summed E-state index contributed by atoms with van der Waals surface area (Å²) in [6.07, 6.45) is 1.51. The molecule has 1 aromatic heterocycles. The Labute approximate surface area is 115 Å². The van der Waals surface area contributed by atoms with Crippen molar-refractivity contribution in [1.82, 2.24) is 10.3 Å². The van der Waals surface area contributed by atoms with E-state index in [9.17, 15) is 0 Å². The van der Waals surface area contributed by atoms with Gasteiger partial charge in [0.2, 0.25) is 0 Å². The molecule has 0 amide bonds. The summed E-state index contributed by atoms with van der Waals surface area (Å²) in [4.78, 5) is 4.26. The van der Waals surface area contributed by atoms with Gasteiger partial charge in [0.15, 0.2) is 12.2 Å². The number of rotatable bonds is 4. The van der Waals surface area contributed by atoms with Crippen LogP contribution in [-0.2, 0) is 6.54 Å². The molecule has 2 rings (SSSR count). The first-order chi connectivity index (χ1) is 8.16. The third-order valence-corrected chi connectivity index (χ3v) is 3.08. The maximum atomic E-state index is 5.48. The molecule has 3 nitrogen and oxygen atoms in total. The quantitative estimate of drug-likeness (QED) is 0.865. The van der Waals surface area contributed by atoms with Gasteiger partial charge in [0.05, 0.1) is 0 Å². The van der Waals surface area contributed by atoms with Crippen molar-refractivity contribution in [3.8, 4) is 11.3 Å². The molecule has 0 aliphatic carbocycles. The van der Waals surface area contributed by atoms with Gasteiger partial charge in [0.1, 0.15) is 5.69 Å². The lowest BCUT2D eigenvalue weighted by Gasteiger charge is -2.07. The van der Waals surface area contributed by atoms with Crippen LogP contribution in [0.2, 0.25) is 0 Å². The van der Waals surface area contributed by atoms with E-state index in [1.54, 1.807) is 0 Å². The molecule has 0 unspecified atom stereocenters. The lowest BCUT2D eigenvalue weighted by Crippen LogP contribution is -2.22. The Morgan fingerprint density at radius 3 is 2.94 bits per heavy atom. The zero-order valence-electron chi connectivity index (χ0n) is 9.90. The maximum Gasteiger partial charge on any atom is 0.181 e. The van der Waals surface area contributed by atoms with Gasteiger partial charge in [0, 0.05) is 21.7 Å². The van der Waals surface area contributed by atoms with E-state index in [1.165, 1.54) is 9.96 Å². The molecule has 0 saturated carbocycles. The minimum absolute atomic E-state index is 0.440. The minimum Gasteiger partial charge on any atom is -0.443 e. The smallest absolute Gasteiger partial charge is 0.181 e. The average Bonchev–Trinajstić information content (AvgIpc) is 2.74. The summed E-state index contributed by atoms with van der Waals surface area (Å²) in [5, 5.41) is 3.35. The number of hydrogen-bond acceptors (Lipinski definition) is 3. The van der Waals surface area contributed by atoms with Gasteiger partial charge in [-0.25, -0.2) is 4.98 Å². The second kappa shape index (κ2) is 5.64. The molecule has 0 fully saturated rings. The van der Waals surface area contributed by atoms with Crippen LogP contribution in [0.4, 0.5) is 0 Å². The van der Waals surface area contributed by atoms with Crippen molar-refractivity contribution in [2.75, 3.05) is 0 Å².